The molecule has 4 heteroatoms. The van der Waals surface area contributed by atoms with Gasteiger partial charge >= 0.3 is 0 Å². The van der Waals surface area contributed by atoms with E-state index in [1.165, 1.54) is 0 Å². The highest BCUT2D eigenvalue weighted by molar-refractivity contribution is 5.39. The first-order valence-corrected chi connectivity index (χ1v) is 6.41. The van der Waals surface area contributed by atoms with Crippen LogP contribution in [0.2, 0.25) is 0 Å². The third-order valence-corrected chi connectivity index (χ3v) is 3.01. The zero-order chi connectivity index (χ0) is 13.1. The monoisotopic (exact) mass is 247 g/mol. The molecule has 0 aromatic carbocycles. The quantitative estimate of drug-likeness (QED) is 0.877. The van der Waals surface area contributed by atoms with E-state index >= 15 is 0 Å². The van der Waals surface area contributed by atoms with Crippen LogP contribution < -0.4 is 0 Å². The molecule has 0 aliphatic rings. The average molecular weight is 247 g/mol. The molecule has 0 saturated heterocycles. The summed E-state index contributed by atoms with van der Waals surface area (Å²) in [6, 6.07) is 6.37. The number of imidazole rings is 1. The number of aliphatic hydroxyl groups excluding tert-OH is 1. The summed E-state index contributed by atoms with van der Waals surface area (Å²) in [6.07, 6.45) is 3.73. The lowest BCUT2D eigenvalue weighted by atomic mass is 10.2. The number of aromatic nitrogens is 2. The van der Waals surface area contributed by atoms with Crippen LogP contribution in [-0.2, 0) is 6.54 Å². The smallest absolute Gasteiger partial charge is 0.137 e. The summed E-state index contributed by atoms with van der Waals surface area (Å²) >= 11 is 0. The molecule has 0 aliphatic heterocycles. The predicted octanol–water partition coefficient (Wildman–Crippen LogP) is 1.93. The SMILES string of the molecule is CC(O)CN(Cc1cn2ccccc2n1)C(C)C. The molecule has 0 amide bonds. The van der Waals surface area contributed by atoms with Crippen LogP contribution in [-0.4, -0.2) is 38.1 Å². The molecular weight excluding hydrogens is 226 g/mol. The first-order chi connectivity index (χ1) is 8.56. The summed E-state index contributed by atoms with van der Waals surface area (Å²) in [7, 11) is 0. The summed E-state index contributed by atoms with van der Waals surface area (Å²) in [5.74, 6) is 0. The lowest BCUT2D eigenvalue weighted by Gasteiger charge is -2.26. The molecule has 0 aliphatic carbocycles. The second-order valence-electron chi connectivity index (χ2n) is 5.07. The summed E-state index contributed by atoms with van der Waals surface area (Å²) in [5.41, 5.74) is 2.00. The Morgan fingerprint density at radius 3 is 2.72 bits per heavy atom. The molecule has 2 aromatic rings. The molecule has 0 spiro atoms. The Kier molecular flexibility index (Phi) is 3.99. The molecule has 18 heavy (non-hydrogen) atoms. The summed E-state index contributed by atoms with van der Waals surface area (Å²) in [4.78, 5) is 6.81. The Morgan fingerprint density at radius 1 is 1.33 bits per heavy atom. The third kappa shape index (κ3) is 3.09. The highest BCUT2D eigenvalue weighted by Gasteiger charge is 2.14. The standard InChI is InChI=1S/C14H21N3O/c1-11(2)17(8-12(3)18)10-13-9-16-7-5-4-6-14(16)15-13/h4-7,9,11-12,18H,8,10H2,1-3H3. The zero-order valence-electron chi connectivity index (χ0n) is 11.2. The van der Waals surface area contributed by atoms with Gasteiger partial charge in [-0.25, -0.2) is 4.98 Å². The van der Waals surface area contributed by atoms with E-state index in [0.717, 1.165) is 17.9 Å². The molecule has 98 valence electrons. The van der Waals surface area contributed by atoms with Crippen LogP contribution in [0.3, 0.4) is 0 Å². The van der Waals surface area contributed by atoms with E-state index in [4.69, 9.17) is 0 Å². The van der Waals surface area contributed by atoms with Crippen LogP contribution in [0.15, 0.2) is 30.6 Å². The van der Waals surface area contributed by atoms with Gasteiger partial charge in [0.2, 0.25) is 0 Å². The van der Waals surface area contributed by atoms with Crippen LogP contribution in [0.25, 0.3) is 5.65 Å². The number of hydrogen-bond donors (Lipinski definition) is 1. The first kappa shape index (κ1) is 13.1. The zero-order valence-corrected chi connectivity index (χ0v) is 11.2. The second-order valence-corrected chi connectivity index (χ2v) is 5.07. The van der Waals surface area contributed by atoms with E-state index in [-0.39, 0.29) is 6.10 Å². The number of hydrogen-bond acceptors (Lipinski definition) is 3. The first-order valence-electron chi connectivity index (χ1n) is 6.41. The molecule has 1 unspecified atom stereocenters. The van der Waals surface area contributed by atoms with E-state index in [0.29, 0.717) is 12.6 Å². The normalized spacial score (nSPS) is 13.7. The minimum Gasteiger partial charge on any atom is -0.392 e. The van der Waals surface area contributed by atoms with Gasteiger partial charge in [0, 0.05) is 31.5 Å². The van der Waals surface area contributed by atoms with E-state index in [1.807, 2.05) is 41.9 Å². The lowest BCUT2D eigenvalue weighted by Crippen LogP contribution is -2.36. The van der Waals surface area contributed by atoms with E-state index < -0.39 is 0 Å². The van der Waals surface area contributed by atoms with Crippen LogP contribution in [0, 0.1) is 0 Å². The molecule has 4 nitrogen and oxygen atoms in total. The summed E-state index contributed by atoms with van der Waals surface area (Å²) < 4.78 is 2.02. The molecule has 2 heterocycles. The number of aliphatic hydroxyl groups is 1. The van der Waals surface area contributed by atoms with Gasteiger partial charge in [0.05, 0.1) is 11.8 Å². The van der Waals surface area contributed by atoms with Crippen LogP contribution in [0.1, 0.15) is 26.5 Å². The number of nitrogens with zero attached hydrogens (tertiary/aromatic N) is 3. The van der Waals surface area contributed by atoms with Crippen molar-refractivity contribution in [1.29, 1.82) is 0 Å². The maximum Gasteiger partial charge on any atom is 0.137 e. The van der Waals surface area contributed by atoms with Crippen molar-refractivity contribution >= 4 is 5.65 Å². The molecule has 1 atom stereocenters. The molecule has 0 fully saturated rings. The highest BCUT2D eigenvalue weighted by atomic mass is 16.3. The van der Waals surface area contributed by atoms with Gasteiger partial charge in [0.25, 0.3) is 0 Å². The van der Waals surface area contributed by atoms with Crippen LogP contribution >= 0.6 is 0 Å². The van der Waals surface area contributed by atoms with Gasteiger partial charge in [-0.05, 0) is 32.9 Å². The fraction of sp³-hybridized carbons (Fsp3) is 0.500. The summed E-state index contributed by atoms with van der Waals surface area (Å²) in [5, 5.41) is 9.52. The van der Waals surface area contributed by atoms with Crippen molar-refractivity contribution < 1.29 is 5.11 Å². The van der Waals surface area contributed by atoms with Crippen molar-refractivity contribution in [2.75, 3.05) is 6.54 Å². The Balaban J connectivity index is 2.15. The van der Waals surface area contributed by atoms with E-state index in [9.17, 15) is 5.11 Å². The fourth-order valence-corrected chi connectivity index (χ4v) is 2.07. The van der Waals surface area contributed by atoms with Crippen molar-refractivity contribution in [2.45, 2.75) is 39.5 Å². The average Bonchev–Trinajstić information content (AvgIpc) is 2.69. The maximum absolute atomic E-state index is 9.52. The lowest BCUT2D eigenvalue weighted by molar-refractivity contribution is 0.102. The summed E-state index contributed by atoms with van der Waals surface area (Å²) in [6.45, 7) is 7.53. The van der Waals surface area contributed by atoms with Gasteiger partial charge in [-0.3, -0.25) is 4.90 Å². The molecule has 2 rings (SSSR count). The molecular formula is C14H21N3O. The molecule has 0 bridgehead atoms. The minimum absolute atomic E-state index is 0.315. The van der Waals surface area contributed by atoms with E-state index in [1.54, 1.807) is 0 Å². The number of rotatable bonds is 5. The Labute approximate surface area is 108 Å². The maximum atomic E-state index is 9.52. The number of fused-ring (bicyclic) bond motifs is 1. The van der Waals surface area contributed by atoms with Crippen molar-refractivity contribution in [3.8, 4) is 0 Å². The molecule has 0 radical (unpaired) electrons. The van der Waals surface area contributed by atoms with Crippen LogP contribution in [0.5, 0.6) is 0 Å². The minimum atomic E-state index is -0.315. The van der Waals surface area contributed by atoms with Gasteiger partial charge in [0.15, 0.2) is 0 Å². The Bertz CT molecular complexity index is 471. The Morgan fingerprint density at radius 2 is 2.11 bits per heavy atom. The van der Waals surface area contributed by atoms with Gasteiger partial charge in [-0.15, -0.1) is 0 Å². The van der Waals surface area contributed by atoms with Crippen molar-refractivity contribution in [3.63, 3.8) is 0 Å². The number of pyridine rings is 1. The van der Waals surface area contributed by atoms with Crippen molar-refractivity contribution in [2.24, 2.45) is 0 Å². The van der Waals surface area contributed by atoms with Gasteiger partial charge in [-0.2, -0.15) is 0 Å². The highest BCUT2D eigenvalue weighted by Crippen LogP contribution is 2.10. The fourth-order valence-electron chi connectivity index (χ4n) is 2.07. The van der Waals surface area contributed by atoms with Crippen molar-refractivity contribution in [1.82, 2.24) is 14.3 Å². The Hall–Kier alpha value is -1.39. The molecule has 2 aromatic heterocycles. The third-order valence-electron chi connectivity index (χ3n) is 3.01. The van der Waals surface area contributed by atoms with E-state index in [2.05, 4.69) is 23.7 Å². The second kappa shape index (κ2) is 5.50. The van der Waals surface area contributed by atoms with Crippen LogP contribution in [0.4, 0.5) is 0 Å². The van der Waals surface area contributed by atoms with Gasteiger partial charge in [0.1, 0.15) is 5.65 Å². The largest absolute Gasteiger partial charge is 0.392 e. The molecule has 1 N–H and O–H groups in total. The van der Waals surface area contributed by atoms with Gasteiger partial charge in [-0.1, -0.05) is 6.07 Å². The van der Waals surface area contributed by atoms with Crippen molar-refractivity contribution in [3.05, 3.63) is 36.3 Å². The topological polar surface area (TPSA) is 40.8 Å². The van der Waals surface area contributed by atoms with Gasteiger partial charge < -0.3 is 9.51 Å². The molecule has 0 saturated carbocycles. The predicted molar refractivity (Wildman–Crippen MR) is 72.4 cm³/mol.